The summed E-state index contributed by atoms with van der Waals surface area (Å²) in [5.41, 5.74) is 8.24. The van der Waals surface area contributed by atoms with Crippen LogP contribution in [0.5, 0.6) is 0 Å². The van der Waals surface area contributed by atoms with E-state index in [1.54, 1.807) is 0 Å². The fourth-order valence-electron chi connectivity index (χ4n) is 2.16. The molecule has 0 aliphatic carbocycles. The summed E-state index contributed by atoms with van der Waals surface area (Å²) in [4.78, 5) is 0. The van der Waals surface area contributed by atoms with Crippen molar-refractivity contribution < 1.29 is 4.74 Å². The van der Waals surface area contributed by atoms with Gasteiger partial charge in [-0.3, -0.25) is 0 Å². The highest BCUT2D eigenvalue weighted by molar-refractivity contribution is 5.83. The van der Waals surface area contributed by atoms with Crippen LogP contribution in [0.3, 0.4) is 0 Å². The van der Waals surface area contributed by atoms with E-state index in [-0.39, 0.29) is 0 Å². The Balaban J connectivity index is 2.24. The van der Waals surface area contributed by atoms with Gasteiger partial charge in [0.05, 0.1) is 6.61 Å². The number of benzene rings is 1. The van der Waals surface area contributed by atoms with Crippen LogP contribution in [0.1, 0.15) is 12.5 Å². The summed E-state index contributed by atoms with van der Waals surface area (Å²) in [6.07, 6.45) is 3.07. The van der Waals surface area contributed by atoms with E-state index >= 15 is 0 Å². The van der Waals surface area contributed by atoms with Crippen LogP contribution < -0.4 is 5.73 Å². The first-order chi connectivity index (χ1) is 8.36. The highest BCUT2D eigenvalue weighted by atomic mass is 16.5. The van der Waals surface area contributed by atoms with Gasteiger partial charge in [-0.15, -0.1) is 0 Å². The maximum absolute atomic E-state index is 5.63. The van der Waals surface area contributed by atoms with Crippen LogP contribution in [0.2, 0.25) is 0 Å². The Morgan fingerprint density at radius 1 is 1.29 bits per heavy atom. The van der Waals surface area contributed by atoms with Crippen molar-refractivity contribution in [1.29, 1.82) is 0 Å². The number of nitrogens with zero attached hydrogens (tertiary/aromatic N) is 1. The Morgan fingerprint density at radius 3 is 2.94 bits per heavy atom. The molecule has 0 atom stereocenters. The second-order valence-electron chi connectivity index (χ2n) is 4.09. The number of hydrogen-bond acceptors (Lipinski definition) is 2. The smallest absolute Gasteiger partial charge is 0.0645 e. The van der Waals surface area contributed by atoms with Gasteiger partial charge in [0, 0.05) is 30.3 Å². The number of hydrogen-bond donors (Lipinski definition) is 1. The highest BCUT2D eigenvalue weighted by Crippen LogP contribution is 2.20. The summed E-state index contributed by atoms with van der Waals surface area (Å²) < 4.78 is 7.63. The molecule has 1 aromatic heterocycles. The van der Waals surface area contributed by atoms with E-state index in [4.69, 9.17) is 10.5 Å². The molecule has 92 valence electrons. The fourth-order valence-corrected chi connectivity index (χ4v) is 2.16. The minimum Gasteiger partial charge on any atom is -0.380 e. The molecule has 0 saturated heterocycles. The van der Waals surface area contributed by atoms with Crippen molar-refractivity contribution in [2.45, 2.75) is 19.9 Å². The van der Waals surface area contributed by atoms with Crippen molar-refractivity contribution in [3.63, 3.8) is 0 Å². The van der Waals surface area contributed by atoms with E-state index in [1.165, 1.54) is 16.5 Å². The Labute approximate surface area is 102 Å². The number of fused-ring (bicyclic) bond motifs is 1. The SMILES string of the molecule is CCOCCn1ccc2c(CCN)cccc21. The summed E-state index contributed by atoms with van der Waals surface area (Å²) in [6, 6.07) is 8.58. The van der Waals surface area contributed by atoms with Crippen molar-refractivity contribution >= 4 is 10.9 Å². The quantitative estimate of drug-likeness (QED) is 0.775. The Bertz CT molecular complexity index is 476. The van der Waals surface area contributed by atoms with Gasteiger partial charge in [0.15, 0.2) is 0 Å². The van der Waals surface area contributed by atoms with Crippen LogP contribution in [-0.4, -0.2) is 24.3 Å². The molecule has 0 spiro atoms. The zero-order valence-electron chi connectivity index (χ0n) is 10.4. The van der Waals surface area contributed by atoms with Gasteiger partial charge in [-0.1, -0.05) is 12.1 Å². The summed E-state index contributed by atoms with van der Waals surface area (Å²) >= 11 is 0. The lowest BCUT2D eigenvalue weighted by molar-refractivity contribution is 0.140. The normalized spacial score (nSPS) is 11.2. The molecule has 0 radical (unpaired) electrons. The van der Waals surface area contributed by atoms with Gasteiger partial charge in [-0.25, -0.2) is 0 Å². The van der Waals surface area contributed by atoms with Crippen LogP contribution in [0.15, 0.2) is 30.5 Å². The molecule has 2 aromatic rings. The van der Waals surface area contributed by atoms with Gasteiger partial charge in [-0.2, -0.15) is 0 Å². The number of nitrogens with two attached hydrogens (primary N) is 1. The van der Waals surface area contributed by atoms with Gasteiger partial charge in [-0.05, 0) is 37.6 Å². The third kappa shape index (κ3) is 2.68. The topological polar surface area (TPSA) is 40.2 Å². The Kier molecular flexibility index (Phi) is 4.18. The lowest BCUT2D eigenvalue weighted by Gasteiger charge is -2.07. The first-order valence-corrected chi connectivity index (χ1v) is 6.21. The molecule has 2 rings (SSSR count). The van der Waals surface area contributed by atoms with Crippen molar-refractivity contribution in [2.75, 3.05) is 19.8 Å². The van der Waals surface area contributed by atoms with Gasteiger partial charge in [0.1, 0.15) is 0 Å². The molecule has 0 unspecified atom stereocenters. The van der Waals surface area contributed by atoms with Crippen LogP contribution >= 0.6 is 0 Å². The van der Waals surface area contributed by atoms with Crippen LogP contribution in [0.25, 0.3) is 10.9 Å². The Morgan fingerprint density at radius 2 is 2.18 bits per heavy atom. The molecule has 0 saturated carbocycles. The van der Waals surface area contributed by atoms with E-state index in [1.807, 2.05) is 6.92 Å². The van der Waals surface area contributed by atoms with E-state index in [2.05, 4.69) is 35.0 Å². The zero-order valence-corrected chi connectivity index (χ0v) is 10.4. The first kappa shape index (κ1) is 12.1. The van der Waals surface area contributed by atoms with E-state index < -0.39 is 0 Å². The monoisotopic (exact) mass is 232 g/mol. The van der Waals surface area contributed by atoms with Crippen LogP contribution in [0, 0.1) is 0 Å². The number of aromatic nitrogens is 1. The summed E-state index contributed by atoms with van der Waals surface area (Å²) in [5.74, 6) is 0. The molecule has 0 amide bonds. The van der Waals surface area contributed by atoms with E-state index in [0.717, 1.165) is 26.2 Å². The van der Waals surface area contributed by atoms with Gasteiger partial charge < -0.3 is 15.0 Å². The average Bonchev–Trinajstić information content (AvgIpc) is 2.75. The second kappa shape index (κ2) is 5.84. The predicted octanol–water partition coefficient (Wildman–Crippen LogP) is 2.18. The molecular weight excluding hydrogens is 212 g/mol. The van der Waals surface area contributed by atoms with E-state index in [0.29, 0.717) is 6.54 Å². The molecule has 0 aliphatic heterocycles. The van der Waals surface area contributed by atoms with Crippen LogP contribution in [-0.2, 0) is 17.7 Å². The van der Waals surface area contributed by atoms with Crippen LogP contribution in [0.4, 0.5) is 0 Å². The standard InChI is InChI=1S/C14H20N2O/c1-2-17-11-10-16-9-7-13-12(6-8-15)4-3-5-14(13)16/h3-5,7,9H,2,6,8,10-11,15H2,1H3. The molecule has 0 fully saturated rings. The third-order valence-electron chi connectivity index (χ3n) is 3.00. The van der Waals surface area contributed by atoms with Gasteiger partial charge in [0.2, 0.25) is 0 Å². The number of ether oxygens (including phenoxy) is 1. The van der Waals surface area contributed by atoms with Gasteiger partial charge >= 0.3 is 0 Å². The minimum atomic E-state index is 0.698. The lowest BCUT2D eigenvalue weighted by atomic mass is 10.1. The average molecular weight is 232 g/mol. The lowest BCUT2D eigenvalue weighted by Crippen LogP contribution is -2.05. The maximum Gasteiger partial charge on any atom is 0.0645 e. The van der Waals surface area contributed by atoms with Crippen molar-refractivity contribution in [3.05, 3.63) is 36.0 Å². The van der Waals surface area contributed by atoms with Crippen molar-refractivity contribution in [2.24, 2.45) is 5.73 Å². The largest absolute Gasteiger partial charge is 0.380 e. The minimum absolute atomic E-state index is 0.698. The van der Waals surface area contributed by atoms with Gasteiger partial charge in [0.25, 0.3) is 0 Å². The van der Waals surface area contributed by atoms with E-state index in [9.17, 15) is 0 Å². The molecule has 17 heavy (non-hydrogen) atoms. The zero-order chi connectivity index (χ0) is 12.1. The molecular formula is C14H20N2O. The number of rotatable bonds is 6. The first-order valence-electron chi connectivity index (χ1n) is 6.21. The summed E-state index contributed by atoms with van der Waals surface area (Å²) in [6.45, 7) is 5.17. The highest BCUT2D eigenvalue weighted by Gasteiger charge is 2.04. The molecule has 3 heteroatoms. The summed E-state index contributed by atoms with van der Waals surface area (Å²) in [5, 5.41) is 1.31. The molecule has 0 bridgehead atoms. The van der Waals surface area contributed by atoms with Crippen molar-refractivity contribution in [1.82, 2.24) is 4.57 Å². The van der Waals surface area contributed by atoms with Crippen molar-refractivity contribution in [3.8, 4) is 0 Å². The maximum atomic E-state index is 5.63. The second-order valence-corrected chi connectivity index (χ2v) is 4.09. The summed E-state index contributed by atoms with van der Waals surface area (Å²) in [7, 11) is 0. The molecule has 2 N–H and O–H groups in total. The molecule has 1 aromatic carbocycles. The molecule has 0 aliphatic rings. The Hall–Kier alpha value is -1.32. The molecule has 1 heterocycles. The predicted molar refractivity (Wildman–Crippen MR) is 71.2 cm³/mol. The molecule has 3 nitrogen and oxygen atoms in total. The fraction of sp³-hybridized carbons (Fsp3) is 0.429. The third-order valence-corrected chi connectivity index (χ3v) is 3.00.